The highest BCUT2D eigenvalue weighted by molar-refractivity contribution is 6.37. The second kappa shape index (κ2) is 10.6. The summed E-state index contributed by atoms with van der Waals surface area (Å²) in [4.78, 5) is 11.6. The number of benzene rings is 2. The van der Waals surface area contributed by atoms with Crippen LogP contribution in [-0.4, -0.2) is 24.8 Å². The van der Waals surface area contributed by atoms with E-state index >= 15 is 0 Å². The Hall–Kier alpha value is -2.37. The number of methoxy groups -OCH3 is 1. The lowest BCUT2D eigenvalue weighted by molar-refractivity contribution is -0.130. The van der Waals surface area contributed by atoms with Crippen LogP contribution in [0.2, 0.25) is 10.0 Å². The minimum atomic E-state index is -1.09. The number of carboxylic acid groups (broad SMARTS) is 1. The lowest BCUT2D eigenvalue weighted by Crippen LogP contribution is -2.11. The molecule has 0 saturated heterocycles. The monoisotopic (exact) mass is 452 g/mol. The lowest BCUT2D eigenvalue weighted by Gasteiger charge is -2.19. The highest BCUT2D eigenvalue weighted by Crippen LogP contribution is 2.38. The van der Waals surface area contributed by atoms with Crippen molar-refractivity contribution < 1.29 is 24.1 Å². The highest BCUT2D eigenvalue weighted by atomic mass is 35.5. The Bertz CT molecular complexity index is 893. The third kappa shape index (κ3) is 6.85. The van der Waals surface area contributed by atoms with Gasteiger partial charge in [-0.15, -0.1) is 0 Å². The molecule has 0 bridgehead atoms. The molecule has 0 heterocycles. The van der Waals surface area contributed by atoms with E-state index in [2.05, 4.69) is 20.8 Å². The minimum absolute atomic E-state index is 0.0374. The molecule has 0 radical (unpaired) electrons. The molecule has 2 aromatic carbocycles. The normalized spacial score (nSPS) is 11.9. The zero-order valence-corrected chi connectivity index (χ0v) is 19.0. The topological polar surface area (TPSA) is 65.0 Å². The van der Waals surface area contributed by atoms with Crippen LogP contribution in [0.4, 0.5) is 0 Å². The van der Waals surface area contributed by atoms with Crippen LogP contribution in [0.25, 0.3) is 5.57 Å². The third-order valence-corrected chi connectivity index (χ3v) is 4.80. The molecule has 0 aliphatic rings. The summed E-state index contributed by atoms with van der Waals surface area (Å²) in [5.41, 5.74) is 1.36. The first-order valence-electron chi connectivity index (χ1n) is 9.41. The molecule has 2 aromatic rings. The first-order valence-corrected chi connectivity index (χ1v) is 10.2. The molecule has 0 aromatic heterocycles. The second-order valence-corrected chi connectivity index (χ2v) is 8.71. The predicted octanol–water partition coefficient (Wildman–Crippen LogP) is 6.46. The molecular formula is C23H26Cl2O5. The van der Waals surface area contributed by atoms with Crippen molar-refractivity contribution in [1.29, 1.82) is 0 Å². The second-order valence-electron chi connectivity index (χ2n) is 7.89. The van der Waals surface area contributed by atoms with E-state index in [9.17, 15) is 9.90 Å². The molecule has 1 N–H and O–H groups in total. The molecular weight excluding hydrogens is 427 g/mol. The summed E-state index contributed by atoms with van der Waals surface area (Å²) < 4.78 is 16.5. The number of carbonyl (C=O) groups is 1. The summed E-state index contributed by atoms with van der Waals surface area (Å²) in [7, 11) is 1.40. The Morgan fingerprint density at radius 1 is 1.10 bits per heavy atom. The summed E-state index contributed by atoms with van der Waals surface area (Å²) in [5.74, 6) is -0.214. The van der Waals surface area contributed by atoms with Gasteiger partial charge in [0.25, 0.3) is 0 Å². The Kier molecular flexibility index (Phi) is 8.44. The number of carboxylic acids is 1. The molecule has 0 atom stereocenters. The number of hydrogen-bond acceptors (Lipinski definition) is 4. The molecule has 2 rings (SSSR count). The molecule has 0 aliphatic heterocycles. The Balaban J connectivity index is 2.16. The quantitative estimate of drug-likeness (QED) is 0.349. The fourth-order valence-corrected chi connectivity index (χ4v) is 3.21. The molecule has 30 heavy (non-hydrogen) atoms. The number of hydrogen-bond donors (Lipinski definition) is 1. The van der Waals surface area contributed by atoms with E-state index in [0.717, 1.165) is 6.42 Å². The van der Waals surface area contributed by atoms with Crippen molar-refractivity contribution >= 4 is 34.7 Å². The van der Waals surface area contributed by atoms with E-state index in [1.165, 1.54) is 13.4 Å². The standard InChI is InChI=1S/C23H26Cl2O5/c1-23(2,3)9-10-29-21-19(24)11-16(12-20(21)25)30-13-15-7-5-6-8-17(15)18(14-28-4)22(26)27/h5-8,11-12,14H,9-10,13H2,1-4H3,(H,26,27)/b18-14+. The minimum Gasteiger partial charge on any atom is -0.503 e. The van der Waals surface area contributed by atoms with Crippen LogP contribution in [0.1, 0.15) is 38.3 Å². The number of rotatable bonds is 9. The van der Waals surface area contributed by atoms with Gasteiger partial charge in [0.05, 0.1) is 30.0 Å². The van der Waals surface area contributed by atoms with E-state index < -0.39 is 5.97 Å². The van der Waals surface area contributed by atoms with E-state index in [1.807, 2.05) is 0 Å². The van der Waals surface area contributed by atoms with Gasteiger partial charge in [-0.25, -0.2) is 4.79 Å². The van der Waals surface area contributed by atoms with Gasteiger partial charge in [-0.1, -0.05) is 68.2 Å². The van der Waals surface area contributed by atoms with Crippen molar-refractivity contribution in [2.75, 3.05) is 13.7 Å². The van der Waals surface area contributed by atoms with E-state index in [0.29, 0.717) is 39.3 Å². The number of ether oxygens (including phenoxy) is 3. The molecule has 0 fully saturated rings. The summed E-state index contributed by atoms with van der Waals surface area (Å²) in [5, 5.41) is 10.2. The van der Waals surface area contributed by atoms with E-state index in [4.69, 9.17) is 37.4 Å². The molecule has 0 unspecified atom stereocenters. The van der Waals surface area contributed by atoms with Crippen LogP contribution in [-0.2, 0) is 16.1 Å². The maximum Gasteiger partial charge on any atom is 0.339 e. The molecule has 0 spiro atoms. The zero-order valence-electron chi connectivity index (χ0n) is 17.5. The van der Waals surface area contributed by atoms with Gasteiger partial charge in [0, 0.05) is 12.1 Å². The van der Waals surface area contributed by atoms with Crippen molar-refractivity contribution in [3.63, 3.8) is 0 Å². The van der Waals surface area contributed by atoms with Crippen molar-refractivity contribution in [1.82, 2.24) is 0 Å². The molecule has 5 nitrogen and oxygen atoms in total. The summed E-state index contributed by atoms with van der Waals surface area (Å²) in [6, 6.07) is 10.3. The highest BCUT2D eigenvalue weighted by Gasteiger charge is 2.17. The average Bonchev–Trinajstić information content (AvgIpc) is 2.66. The van der Waals surface area contributed by atoms with Crippen LogP contribution < -0.4 is 9.47 Å². The largest absolute Gasteiger partial charge is 0.503 e. The third-order valence-electron chi connectivity index (χ3n) is 4.24. The maximum atomic E-state index is 11.6. The number of aliphatic carboxylic acids is 1. The maximum absolute atomic E-state index is 11.6. The van der Waals surface area contributed by atoms with Crippen molar-refractivity contribution in [3.8, 4) is 11.5 Å². The zero-order chi connectivity index (χ0) is 22.3. The first kappa shape index (κ1) is 23.9. The summed E-state index contributed by atoms with van der Waals surface area (Å²) in [6.45, 7) is 7.02. The fraction of sp³-hybridized carbons (Fsp3) is 0.348. The van der Waals surface area contributed by atoms with Crippen LogP contribution in [0.15, 0.2) is 42.7 Å². The Morgan fingerprint density at radius 3 is 2.30 bits per heavy atom. The van der Waals surface area contributed by atoms with Crippen molar-refractivity contribution in [3.05, 3.63) is 63.8 Å². The van der Waals surface area contributed by atoms with Crippen LogP contribution >= 0.6 is 23.2 Å². The molecule has 0 amide bonds. The van der Waals surface area contributed by atoms with Crippen molar-refractivity contribution in [2.24, 2.45) is 5.41 Å². The molecule has 162 valence electrons. The van der Waals surface area contributed by atoms with Gasteiger partial charge in [0.2, 0.25) is 0 Å². The Morgan fingerprint density at radius 2 is 1.73 bits per heavy atom. The van der Waals surface area contributed by atoms with E-state index in [-0.39, 0.29) is 17.6 Å². The van der Waals surface area contributed by atoms with Gasteiger partial charge in [-0.05, 0) is 23.0 Å². The van der Waals surface area contributed by atoms with Gasteiger partial charge in [0.1, 0.15) is 17.9 Å². The van der Waals surface area contributed by atoms with Crippen LogP contribution in [0, 0.1) is 5.41 Å². The molecule has 0 saturated carbocycles. The van der Waals surface area contributed by atoms with Gasteiger partial charge in [-0.2, -0.15) is 0 Å². The summed E-state index contributed by atoms with van der Waals surface area (Å²) >= 11 is 12.7. The fourth-order valence-electron chi connectivity index (χ4n) is 2.63. The Labute approximate surface area is 187 Å². The van der Waals surface area contributed by atoms with E-state index in [1.54, 1.807) is 36.4 Å². The summed E-state index contributed by atoms with van der Waals surface area (Å²) in [6.07, 6.45) is 2.05. The van der Waals surface area contributed by atoms with Gasteiger partial charge in [0.15, 0.2) is 5.75 Å². The first-order chi connectivity index (χ1) is 14.1. The molecule has 7 heteroatoms. The van der Waals surface area contributed by atoms with Gasteiger partial charge in [-0.3, -0.25) is 0 Å². The predicted molar refractivity (Wildman–Crippen MR) is 119 cm³/mol. The van der Waals surface area contributed by atoms with Crippen LogP contribution in [0.5, 0.6) is 11.5 Å². The van der Waals surface area contributed by atoms with Gasteiger partial charge >= 0.3 is 5.97 Å². The molecule has 0 aliphatic carbocycles. The SMILES string of the molecule is CO/C=C(/C(=O)O)c1ccccc1COc1cc(Cl)c(OCCC(C)(C)C)c(Cl)c1. The average molecular weight is 453 g/mol. The smallest absolute Gasteiger partial charge is 0.339 e. The van der Waals surface area contributed by atoms with Gasteiger partial charge < -0.3 is 19.3 Å². The number of halogens is 2. The lowest BCUT2D eigenvalue weighted by atomic mass is 9.93. The van der Waals surface area contributed by atoms with Crippen LogP contribution in [0.3, 0.4) is 0 Å². The van der Waals surface area contributed by atoms with Crippen molar-refractivity contribution in [2.45, 2.75) is 33.8 Å².